The molecule has 1 rings (SSSR count). The molecule has 14 heavy (non-hydrogen) atoms. The number of ether oxygens (including phenoxy) is 1. The Balaban J connectivity index is 3.22. The molecule has 5 nitrogen and oxygen atoms in total. The van der Waals surface area contributed by atoms with Gasteiger partial charge in [-0.25, -0.2) is 0 Å². The lowest BCUT2D eigenvalue weighted by Gasteiger charge is -2.08. The molecule has 0 radical (unpaired) electrons. The van der Waals surface area contributed by atoms with Crippen LogP contribution in [-0.4, -0.2) is 28.6 Å². The van der Waals surface area contributed by atoms with E-state index < -0.39 is 0 Å². The molecule has 0 saturated heterocycles. The monoisotopic (exact) mass is 196 g/mol. The van der Waals surface area contributed by atoms with Crippen LogP contribution in [0.4, 0.5) is 0 Å². The van der Waals surface area contributed by atoms with Gasteiger partial charge in [-0.3, -0.25) is 4.98 Å². The second-order valence-electron chi connectivity index (χ2n) is 2.80. The number of aryl methyl sites for hydroxylation is 1. The molecule has 0 aliphatic carbocycles. The van der Waals surface area contributed by atoms with E-state index in [1.807, 2.05) is 0 Å². The summed E-state index contributed by atoms with van der Waals surface area (Å²) in [7, 11) is 1.52. The van der Waals surface area contributed by atoms with E-state index in [1.54, 1.807) is 6.92 Å². The van der Waals surface area contributed by atoms with E-state index in [0.29, 0.717) is 16.8 Å². The summed E-state index contributed by atoms with van der Waals surface area (Å²) < 4.78 is 4.92. The molecule has 2 N–H and O–H groups in total. The molecule has 0 aliphatic rings. The number of nitrogens with zero attached hydrogens (tertiary/aromatic N) is 2. The van der Waals surface area contributed by atoms with E-state index in [4.69, 9.17) is 9.94 Å². The topological polar surface area (TPSA) is 74.9 Å². The molecular formula is C9H12N2O3. The summed E-state index contributed by atoms with van der Waals surface area (Å²) in [4.78, 5) is 3.93. The van der Waals surface area contributed by atoms with E-state index >= 15 is 0 Å². The van der Waals surface area contributed by atoms with Gasteiger partial charge in [0.15, 0.2) is 0 Å². The van der Waals surface area contributed by atoms with Gasteiger partial charge < -0.3 is 15.1 Å². The van der Waals surface area contributed by atoms with Crippen LogP contribution < -0.4 is 0 Å². The maximum atomic E-state index is 9.65. The predicted octanol–water partition coefficient (Wildman–Crippen LogP) is 1.05. The number of pyridine rings is 1. The molecular weight excluding hydrogens is 184 g/mol. The van der Waals surface area contributed by atoms with Gasteiger partial charge in [0.2, 0.25) is 0 Å². The van der Waals surface area contributed by atoms with Gasteiger partial charge in [-0.15, -0.1) is 0 Å². The number of rotatable bonds is 3. The fraction of sp³-hybridized carbons (Fsp3) is 0.333. The van der Waals surface area contributed by atoms with Crippen molar-refractivity contribution < 1.29 is 15.1 Å². The van der Waals surface area contributed by atoms with Gasteiger partial charge in [-0.2, -0.15) is 0 Å². The molecule has 0 bridgehead atoms. The molecule has 1 aromatic heterocycles. The SMILES string of the molecule is COCc1c(/C=N\O)cnc(C)c1O. The molecule has 76 valence electrons. The molecule has 0 spiro atoms. The minimum atomic E-state index is 0.0734. The van der Waals surface area contributed by atoms with Crippen molar-refractivity contribution in [2.45, 2.75) is 13.5 Å². The van der Waals surface area contributed by atoms with Crippen molar-refractivity contribution >= 4 is 6.21 Å². The fourth-order valence-corrected chi connectivity index (χ4v) is 1.13. The molecule has 1 aromatic rings. The first-order chi connectivity index (χ1) is 6.70. The van der Waals surface area contributed by atoms with Gasteiger partial charge in [-0.1, -0.05) is 5.16 Å². The Labute approximate surface area is 81.7 Å². The number of oxime groups is 1. The molecule has 0 aliphatic heterocycles. The van der Waals surface area contributed by atoms with Crippen LogP contribution in [-0.2, 0) is 11.3 Å². The zero-order chi connectivity index (χ0) is 10.6. The van der Waals surface area contributed by atoms with Crippen molar-refractivity contribution in [1.29, 1.82) is 0 Å². The van der Waals surface area contributed by atoms with Crippen molar-refractivity contribution in [3.63, 3.8) is 0 Å². The molecule has 5 heteroatoms. The number of aromatic hydroxyl groups is 1. The molecule has 0 atom stereocenters. The van der Waals surface area contributed by atoms with E-state index in [0.717, 1.165) is 0 Å². The third-order valence-electron chi connectivity index (χ3n) is 1.86. The van der Waals surface area contributed by atoms with Gasteiger partial charge >= 0.3 is 0 Å². The Morgan fingerprint density at radius 2 is 2.36 bits per heavy atom. The average molecular weight is 196 g/mol. The first-order valence-electron chi connectivity index (χ1n) is 4.04. The average Bonchev–Trinajstić information content (AvgIpc) is 2.18. The zero-order valence-corrected chi connectivity index (χ0v) is 8.06. The Morgan fingerprint density at radius 3 is 2.93 bits per heavy atom. The highest BCUT2D eigenvalue weighted by Gasteiger charge is 2.09. The lowest BCUT2D eigenvalue weighted by Crippen LogP contribution is -1.99. The van der Waals surface area contributed by atoms with Gasteiger partial charge in [-0.05, 0) is 6.92 Å². The van der Waals surface area contributed by atoms with Crippen molar-refractivity contribution in [2.24, 2.45) is 5.16 Å². The first-order valence-corrected chi connectivity index (χ1v) is 4.04. The fourth-order valence-electron chi connectivity index (χ4n) is 1.13. The summed E-state index contributed by atoms with van der Waals surface area (Å²) in [6.45, 7) is 1.94. The second-order valence-corrected chi connectivity index (χ2v) is 2.80. The van der Waals surface area contributed by atoms with Crippen LogP contribution >= 0.6 is 0 Å². The maximum absolute atomic E-state index is 9.65. The third kappa shape index (κ3) is 2.00. The predicted molar refractivity (Wildman–Crippen MR) is 50.7 cm³/mol. The Morgan fingerprint density at radius 1 is 1.64 bits per heavy atom. The van der Waals surface area contributed by atoms with E-state index in [-0.39, 0.29) is 12.4 Å². The second kappa shape index (κ2) is 4.57. The van der Waals surface area contributed by atoms with Gasteiger partial charge in [0, 0.05) is 24.4 Å². The summed E-state index contributed by atoms with van der Waals surface area (Å²) >= 11 is 0. The summed E-state index contributed by atoms with van der Waals surface area (Å²) in [5.74, 6) is 0.0734. The molecule has 0 fully saturated rings. The van der Waals surface area contributed by atoms with Crippen LogP contribution in [0, 0.1) is 6.92 Å². The number of hydrogen-bond acceptors (Lipinski definition) is 5. The van der Waals surface area contributed by atoms with E-state index in [1.165, 1.54) is 19.5 Å². The van der Waals surface area contributed by atoms with E-state index in [9.17, 15) is 5.11 Å². The number of aromatic nitrogens is 1. The van der Waals surface area contributed by atoms with Crippen LogP contribution in [0.5, 0.6) is 5.75 Å². The molecule has 0 aromatic carbocycles. The van der Waals surface area contributed by atoms with Crippen molar-refractivity contribution in [2.75, 3.05) is 7.11 Å². The Hall–Kier alpha value is -1.62. The maximum Gasteiger partial charge on any atom is 0.142 e. The smallest absolute Gasteiger partial charge is 0.142 e. The van der Waals surface area contributed by atoms with Crippen molar-refractivity contribution in [3.8, 4) is 5.75 Å². The van der Waals surface area contributed by atoms with Crippen LogP contribution in [0.2, 0.25) is 0 Å². The molecule has 0 amide bonds. The van der Waals surface area contributed by atoms with Crippen molar-refractivity contribution in [1.82, 2.24) is 4.98 Å². The van der Waals surface area contributed by atoms with Gasteiger partial charge in [0.1, 0.15) is 5.75 Å². The van der Waals surface area contributed by atoms with Crippen LogP contribution in [0.1, 0.15) is 16.8 Å². The molecule has 1 heterocycles. The minimum Gasteiger partial charge on any atom is -0.506 e. The molecule has 0 saturated carbocycles. The first kappa shape index (κ1) is 10.5. The van der Waals surface area contributed by atoms with Crippen molar-refractivity contribution in [3.05, 3.63) is 23.0 Å². The van der Waals surface area contributed by atoms with Crippen LogP contribution in [0.15, 0.2) is 11.4 Å². The highest BCUT2D eigenvalue weighted by molar-refractivity contribution is 5.82. The number of hydrogen-bond donors (Lipinski definition) is 2. The lowest BCUT2D eigenvalue weighted by molar-refractivity contribution is 0.181. The normalized spacial score (nSPS) is 11.0. The number of methoxy groups -OCH3 is 1. The third-order valence-corrected chi connectivity index (χ3v) is 1.86. The summed E-state index contributed by atoms with van der Waals surface area (Å²) in [6, 6.07) is 0. The van der Waals surface area contributed by atoms with Gasteiger partial charge in [0.05, 0.1) is 18.5 Å². The molecule has 0 unspecified atom stereocenters. The van der Waals surface area contributed by atoms with Crippen LogP contribution in [0.25, 0.3) is 0 Å². The highest BCUT2D eigenvalue weighted by atomic mass is 16.5. The lowest BCUT2D eigenvalue weighted by atomic mass is 10.1. The van der Waals surface area contributed by atoms with Gasteiger partial charge in [0.25, 0.3) is 0 Å². The largest absolute Gasteiger partial charge is 0.506 e. The standard InChI is InChI=1S/C9H12N2O3/c1-6-9(12)8(5-14-2)7(3-10-6)4-11-13/h3-4,12-13H,5H2,1-2H3/b11-4-. The summed E-state index contributed by atoms with van der Waals surface area (Å²) in [5, 5.41) is 20.9. The summed E-state index contributed by atoms with van der Waals surface area (Å²) in [6.07, 6.45) is 2.73. The van der Waals surface area contributed by atoms with E-state index in [2.05, 4.69) is 10.1 Å². The van der Waals surface area contributed by atoms with Crippen LogP contribution in [0.3, 0.4) is 0 Å². The quantitative estimate of drug-likeness (QED) is 0.430. The Kier molecular flexibility index (Phi) is 3.41. The zero-order valence-electron chi connectivity index (χ0n) is 8.06. The summed E-state index contributed by atoms with van der Waals surface area (Å²) in [5.41, 5.74) is 1.63. The highest BCUT2D eigenvalue weighted by Crippen LogP contribution is 2.23. The minimum absolute atomic E-state index is 0.0734. The Bertz CT molecular complexity index is 350.